The molecule has 2 aromatic carbocycles. The molecule has 0 unspecified atom stereocenters. The molecule has 0 aliphatic carbocycles. The number of hydrogen-bond acceptors (Lipinski definition) is 1. The molecule has 1 atom stereocenters. The quantitative estimate of drug-likeness (QED) is 0.843. The molecule has 94 valence electrons. The molecule has 0 radical (unpaired) electrons. The first-order chi connectivity index (χ1) is 8.75. The van der Waals surface area contributed by atoms with E-state index in [-0.39, 0.29) is 6.04 Å². The van der Waals surface area contributed by atoms with Crippen molar-refractivity contribution in [3.05, 3.63) is 65.7 Å². The zero-order valence-electron chi connectivity index (χ0n) is 10.7. The fourth-order valence-electron chi connectivity index (χ4n) is 1.89. The maximum absolute atomic E-state index is 6.22. The molecule has 2 rings (SSSR count). The molecule has 0 aliphatic heterocycles. The zero-order valence-corrected chi connectivity index (χ0v) is 12.4. The monoisotopic (exact) mass is 305 g/mol. The standard InChI is InChI=1S/C16H19NSe/c1-13-7-5-6-10-16(13)18-12-15(17)11-14-8-3-2-4-9-14/h2-10,15H,11-12,17H2,1H3/t15-/m0/s1. The first-order valence-corrected chi connectivity index (χ1v) is 8.30. The van der Waals surface area contributed by atoms with E-state index in [1.807, 2.05) is 6.07 Å². The van der Waals surface area contributed by atoms with Gasteiger partial charge in [-0.3, -0.25) is 0 Å². The van der Waals surface area contributed by atoms with Crippen LogP contribution in [0.25, 0.3) is 0 Å². The first-order valence-electron chi connectivity index (χ1n) is 6.23. The average Bonchev–Trinajstić information content (AvgIpc) is 2.39. The van der Waals surface area contributed by atoms with Gasteiger partial charge in [-0.2, -0.15) is 0 Å². The van der Waals surface area contributed by atoms with Crippen LogP contribution in [0.1, 0.15) is 11.1 Å². The van der Waals surface area contributed by atoms with Crippen LogP contribution in [0.15, 0.2) is 54.6 Å². The predicted octanol–water partition coefficient (Wildman–Crippen LogP) is 2.31. The van der Waals surface area contributed by atoms with Gasteiger partial charge in [-0.1, -0.05) is 0 Å². The molecule has 0 aromatic heterocycles. The second kappa shape index (κ2) is 6.75. The normalized spacial score (nSPS) is 12.3. The van der Waals surface area contributed by atoms with Crippen LogP contribution in [0.3, 0.4) is 0 Å². The summed E-state index contributed by atoms with van der Waals surface area (Å²) in [5.74, 6) is 0. The van der Waals surface area contributed by atoms with Gasteiger partial charge in [0.15, 0.2) is 0 Å². The van der Waals surface area contributed by atoms with E-state index < -0.39 is 0 Å². The van der Waals surface area contributed by atoms with Gasteiger partial charge in [-0.25, -0.2) is 0 Å². The third-order valence-electron chi connectivity index (χ3n) is 2.89. The molecule has 1 nitrogen and oxygen atoms in total. The van der Waals surface area contributed by atoms with E-state index >= 15 is 0 Å². The van der Waals surface area contributed by atoms with E-state index in [1.165, 1.54) is 15.6 Å². The van der Waals surface area contributed by atoms with Gasteiger partial charge >= 0.3 is 116 Å². The van der Waals surface area contributed by atoms with Gasteiger partial charge in [-0.15, -0.1) is 0 Å². The van der Waals surface area contributed by atoms with Gasteiger partial charge in [0.2, 0.25) is 0 Å². The minimum absolute atomic E-state index is 0.270. The summed E-state index contributed by atoms with van der Waals surface area (Å²) in [6.07, 6.45) is 0.981. The van der Waals surface area contributed by atoms with Crippen molar-refractivity contribution in [2.75, 3.05) is 0 Å². The molecule has 18 heavy (non-hydrogen) atoms. The molecular weight excluding hydrogens is 285 g/mol. The second-order valence-corrected chi connectivity index (χ2v) is 6.75. The van der Waals surface area contributed by atoms with E-state index in [4.69, 9.17) is 5.73 Å². The van der Waals surface area contributed by atoms with E-state index in [0.29, 0.717) is 15.0 Å². The van der Waals surface area contributed by atoms with Crippen LogP contribution in [0.4, 0.5) is 0 Å². The molecule has 0 aliphatic rings. The molecule has 0 spiro atoms. The minimum atomic E-state index is 0.270. The van der Waals surface area contributed by atoms with Gasteiger partial charge in [0.05, 0.1) is 0 Å². The van der Waals surface area contributed by atoms with Crippen LogP contribution >= 0.6 is 0 Å². The molecule has 0 fully saturated rings. The summed E-state index contributed by atoms with van der Waals surface area (Å²) in [6.45, 7) is 2.18. The zero-order chi connectivity index (χ0) is 12.8. The molecular formula is C16H19NSe. The topological polar surface area (TPSA) is 26.0 Å². The molecule has 0 bridgehead atoms. The third-order valence-corrected chi connectivity index (χ3v) is 5.75. The van der Waals surface area contributed by atoms with Crippen molar-refractivity contribution < 1.29 is 0 Å². The van der Waals surface area contributed by atoms with E-state index in [1.54, 1.807) is 0 Å². The maximum atomic E-state index is 6.22. The molecule has 2 aromatic rings. The van der Waals surface area contributed by atoms with Crippen molar-refractivity contribution in [3.8, 4) is 0 Å². The third kappa shape index (κ3) is 3.99. The SMILES string of the molecule is Cc1ccccc1[Se]C[C@@H](N)Cc1ccccc1. The Labute approximate surface area is 116 Å². The molecule has 2 heteroatoms. The number of hydrogen-bond donors (Lipinski definition) is 1. The van der Waals surface area contributed by atoms with Crippen LogP contribution in [0, 0.1) is 6.92 Å². The van der Waals surface area contributed by atoms with Crippen molar-refractivity contribution in [1.29, 1.82) is 0 Å². The summed E-state index contributed by atoms with van der Waals surface area (Å²) >= 11 is 0.486. The number of aryl methyl sites for hydroxylation is 1. The number of benzene rings is 2. The summed E-state index contributed by atoms with van der Waals surface area (Å²) in [5, 5.41) is 1.10. The van der Waals surface area contributed by atoms with Crippen LogP contribution in [0.5, 0.6) is 0 Å². The fourth-order valence-corrected chi connectivity index (χ4v) is 3.95. The number of rotatable bonds is 5. The molecule has 0 heterocycles. The molecule has 0 amide bonds. The second-order valence-electron chi connectivity index (χ2n) is 4.53. The Morgan fingerprint density at radius 3 is 2.39 bits per heavy atom. The Morgan fingerprint density at radius 1 is 1.00 bits per heavy atom. The van der Waals surface area contributed by atoms with Crippen LogP contribution < -0.4 is 10.2 Å². The molecule has 0 saturated heterocycles. The van der Waals surface area contributed by atoms with Crippen LogP contribution in [-0.2, 0) is 6.42 Å². The van der Waals surface area contributed by atoms with Crippen molar-refractivity contribution in [3.63, 3.8) is 0 Å². The summed E-state index contributed by atoms with van der Waals surface area (Å²) in [6, 6.07) is 19.4. The Balaban J connectivity index is 1.86. The summed E-state index contributed by atoms with van der Waals surface area (Å²) in [7, 11) is 0. The Kier molecular flexibility index (Phi) is 5.00. The number of nitrogens with two attached hydrogens (primary N) is 1. The average molecular weight is 304 g/mol. The van der Waals surface area contributed by atoms with Crippen molar-refractivity contribution in [2.24, 2.45) is 5.73 Å². The Morgan fingerprint density at radius 2 is 1.67 bits per heavy atom. The van der Waals surface area contributed by atoms with E-state index in [0.717, 1.165) is 11.7 Å². The van der Waals surface area contributed by atoms with Gasteiger partial charge in [0.25, 0.3) is 0 Å². The fraction of sp³-hybridized carbons (Fsp3) is 0.250. The van der Waals surface area contributed by atoms with Gasteiger partial charge in [-0.05, 0) is 0 Å². The molecule has 0 saturated carbocycles. The Hall–Kier alpha value is -1.08. The molecule has 2 N–H and O–H groups in total. The van der Waals surface area contributed by atoms with Gasteiger partial charge in [0, 0.05) is 0 Å². The van der Waals surface area contributed by atoms with Crippen molar-refractivity contribution >= 4 is 19.4 Å². The summed E-state index contributed by atoms with van der Waals surface area (Å²) in [5.41, 5.74) is 8.95. The van der Waals surface area contributed by atoms with Crippen molar-refractivity contribution in [2.45, 2.75) is 24.7 Å². The van der Waals surface area contributed by atoms with Gasteiger partial charge < -0.3 is 0 Å². The predicted molar refractivity (Wildman–Crippen MR) is 79.5 cm³/mol. The van der Waals surface area contributed by atoms with Gasteiger partial charge in [0.1, 0.15) is 0 Å². The van der Waals surface area contributed by atoms with Crippen LogP contribution in [0.2, 0.25) is 5.32 Å². The van der Waals surface area contributed by atoms with E-state index in [2.05, 4.69) is 55.5 Å². The first kappa shape index (κ1) is 13.4. The Bertz CT molecular complexity index is 481. The van der Waals surface area contributed by atoms with Crippen molar-refractivity contribution in [1.82, 2.24) is 0 Å². The summed E-state index contributed by atoms with van der Waals surface area (Å²) in [4.78, 5) is 0. The van der Waals surface area contributed by atoms with E-state index in [9.17, 15) is 0 Å². The summed E-state index contributed by atoms with van der Waals surface area (Å²) < 4.78 is 1.48. The van der Waals surface area contributed by atoms with Crippen LogP contribution in [-0.4, -0.2) is 21.0 Å².